The van der Waals surface area contributed by atoms with Crippen molar-refractivity contribution in [3.05, 3.63) is 16.6 Å². The number of hydrogen-bond acceptors (Lipinski definition) is 5. The second-order valence-corrected chi connectivity index (χ2v) is 5.80. The number of rotatable bonds is 5. The molecule has 1 unspecified atom stereocenters. The minimum absolute atomic E-state index is 0.0380. The molecule has 1 aromatic rings. The van der Waals surface area contributed by atoms with Crippen LogP contribution in [0.1, 0.15) is 25.3 Å². The average molecular weight is 255 g/mol. The third-order valence-corrected chi connectivity index (χ3v) is 4.12. The number of nitrogens with one attached hydrogen (secondary N) is 2. The van der Waals surface area contributed by atoms with Crippen LogP contribution in [0.15, 0.2) is 11.6 Å². The summed E-state index contributed by atoms with van der Waals surface area (Å²) >= 11 is 1.70. The highest BCUT2D eigenvalue weighted by Crippen LogP contribution is 2.21. The lowest BCUT2D eigenvalue weighted by Crippen LogP contribution is -2.45. The van der Waals surface area contributed by atoms with Crippen molar-refractivity contribution >= 4 is 11.3 Å². The molecule has 17 heavy (non-hydrogen) atoms. The Labute approximate surface area is 107 Å². The van der Waals surface area contributed by atoms with E-state index < -0.39 is 0 Å². The molecule has 0 bridgehead atoms. The van der Waals surface area contributed by atoms with Crippen molar-refractivity contribution in [1.29, 1.82) is 0 Å². The summed E-state index contributed by atoms with van der Waals surface area (Å²) in [5, 5.41) is 10.2. The van der Waals surface area contributed by atoms with Crippen LogP contribution in [0.5, 0.6) is 0 Å². The van der Waals surface area contributed by atoms with Crippen molar-refractivity contribution in [2.75, 3.05) is 26.3 Å². The van der Waals surface area contributed by atoms with Crippen LogP contribution in [0.25, 0.3) is 0 Å². The fourth-order valence-corrected chi connectivity index (χ4v) is 2.71. The molecule has 96 valence electrons. The van der Waals surface area contributed by atoms with Gasteiger partial charge in [-0.25, -0.2) is 4.98 Å². The van der Waals surface area contributed by atoms with Gasteiger partial charge in [0, 0.05) is 24.2 Å². The van der Waals surface area contributed by atoms with Crippen molar-refractivity contribution in [2.24, 2.45) is 0 Å². The van der Waals surface area contributed by atoms with E-state index in [2.05, 4.69) is 29.5 Å². The first kappa shape index (κ1) is 13.0. The second-order valence-electron chi connectivity index (χ2n) is 4.90. The molecule has 2 rings (SSSR count). The Kier molecular flexibility index (Phi) is 4.50. The Hall–Kier alpha value is -0.490. The van der Waals surface area contributed by atoms with Gasteiger partial charge in [-0.2, -0.15) is 0 Å². The van der Waals surface area contributed by atoms with Gasteiger partial charge >= 0.3 is 0 Å². The van der Waals surface area contributed by atoms with Gasteiger partial charge in [0.25, 0.3) is 0 Å². The van der Waals surface area contributed by atoms with E-state index in [0.29, 0.717) is 6.04 Å². The molecule has 1 saturated heterocycles. The molecule has 2 heterocycles. The highest BCUT2D eigenvalue weighted by Gasteiger charge is 2.23. The first-order valence-corrected chi connectivity index (χ1v) is 7.02. The first-order chi connectivity index (χ1) is 8.18. The van der Waals surface area contributed by atoms with Gasteiger partial charge in [-0.15, -0.1) is 11.3 Å². The van der Waals surface area contributed by atoms with Crippen LogP contribution in [0.2, 0.25) is 0 Å². The minimum atomic E-state index is -0.0380. The van der Waals surface area contributed by atoms with E-state index in [4.69, 9.17) is 4.74 Å². The quantitative estimate of drug-likeness (QED) is 0.833. The molecule has 4 nitrogen and oxygen atoms in total. The van der Waals surface area contributed by atoms with Crippen molar-refractivity contribution in [1.82, 2.24) is 15.6 Å². The van der Waals surface area contributed by atoms with Gasteiger partial charge in [-0.1, -0.05) is 0 Å². The highest BCUT2D eigenvalue weighted by molar-refractivity contribution is 7.09. The summed E-state index contributed by atoms with van der Waals surface area (Å²) < 4.78 is 5.44. The van der Waals surface area contributed by atoms with E-state index in [1.54, 1.807) is 11.3 Å². The molecule has 0 spiro atoms. The van der Waals surface area contributed by atoms with Gasteiger partial charge < -0.3 is 15.4 Å². The largest absolute Gasteiger partial charge is 0.379 e. The van der Waals surface area contributed by atoms with Crippen LogP contribution in [-0.2, 0) is 10.3 Å². The van der Waals surface area contributed by atoms with E-state index in [1.807, 2.05) is 11.6 Å². The summed E-state index contributed by atoms with van der Waals surface area (Å²) in [6.07, 6.45) is 2.95. The fourth-order valence-electron chi connectivity index (χ4n) is 1.97. The summed E-state index contributed by atoms with van der Waals surface area (Å²) in [4.78, 5) is 4.37. The van der Waals surface area contributed by atoms with Crippen molar-refractivity contribution in [3.8, 4) is 0 Å². The Balaban J connectivity index is 1.74. The number of morpholine rings is 1. The molecule has 2 N–H and O–H groups in total. The monoisotopic (exact) mass is 255 g/mol. The predicted molar refractivity (Wildman–Crippen MR) is 70.4 cm³/mol. The van der Waals surface area contributed by atoms with E-state index >= 15 is 0 Å². The maximum absolute atomic E-state index is 5.44. The molecule has 0 aliphatic carbocycles. The van der Waals surface area contributed by atoms with Crippen LogP contribution in [0.3, 0.4) is 0 Å². The van der Waals surface area contributed by atoms with E-state index in [0.717, 1.165) is 37.7 Å². The van der Waals surface area contributed by atoms with Crippen molar-refractivity contribution < 1.29 is 4.74 Å². The Morgan fingerprint density at radius 2 is 2.53 bits per heavy atom. The number of hydrogen-bond donors (Lipinski definition) is 2. The lowest BCUT2D eigenvalue weighted by Gasteiger charge is -2.27. The number of aromatic nitrogens is 1. The smallest absolute Gasteiger partial charge is 0.112 e. The standard InChI is InChI=1S/C12H21N3OS/c1-12(2,11-14-6-8-17-11)15-4-3-10-9-16-7-5-13-10/h6,8,10,13,15H,3-5,7,9H2,1-2H3. The van der Waals surface area contributed by atoms with Crippen molar-refractivity contribution in [2.45, 2.75) is 31.8 Å². The Morgan fingerprint density at radius 1 is 1.65 bits per heavy atom. The SMILES string of the molecule is CC(C)(NCCC1COCCN1)c1nccs1. The number of thiazole rings is 1. The van der Waals surface area contributed by atoms with E-state index in [1.165, 1.54) is 0 Å². The van der Waals surface area contributed by atoms with Gasteiger partial charge in [0.15, 0.2) is 0 Å². The lowest BCUT2D eigenvalue weighted by atomic mass is 10.1. The molecule has 0 saturated carbocycles. The van der Waals surface area contributed by atoms with E-state index in [9.17, 15) is 0 Å². The molecule has 0 amide bonds. The fraction of sp³-hybridized carbons (Fsp3) is 0.750. The van der Waals surface area contributed by atoms with Gasteiger partial charge in [-0.05, 0) is 26.8 Å². The van der Waals surface area contributed by atoms with Crippen LogP contribution >= 0.6 is 11.3 Å². The number of ether oxygens (including phenoxy) is 1. The highest BCUT2D eigenvalue weighted by atomic mass is 32.1. The van der Waals surface area contributed by atoms with Crippen LogP contribution in [-0.4, -0.2) is 37.3 Å². The van der Waals surface area contributed by atoms with Crippen LogP contribution < -0.4 is 10.6 Å². The summed E-state index contributed by atoms with van der Waals surface area (Å²) in [6, 6.07) is 0.489. The summed E-state index contributed by atoms with van der Waals surface area (Å²) in [6.45, 7) is 7.98. The van der Waals surface area contributed by atoms with Crippen LogP contribution in [0, 0.1) is 0 Å². The first-order valence-electron chi connectivity index (χ1n) is 6.14. The summed E-state index contributed by atoms with van der Waals surface area (Å²) in [5.74, 6) is 0. The molecule has 0 aromatic carbocycles. The van der Waals surface area contributed by atoms with Gasteiger partial charge in [0.2, 0.25) is 0 Å². The normalized spacial score (nSPS) is 21.6. The second kappa shape index (κ2) is 5.91. The third kappa shape index (κ3) is 3.74. The summed E-state index contributed by atoms with van der Waals surface area (Å²) in [7, 11) is 0. The molecular formula is C12H21N3OS. The zero-order valence-electron chi connectivity index (χ0n) is 10.5. The minimum Gasteiger partial charge on any atom is -0.379 e. The average Bonchev–Trinajstić information content (AvgIpc) is 2.84. The van der Waals surface area contributed by atoms with Gasteiger partial charge in [0.05, 0.1) is 18.8 Å². The topological polar surface area (TPSA) is 46.2 Å². The zero-order chi connectivity index (χ0) is 12.1. The van der Waals surface area contributed by atoms with E-state index in [-0.39, 0.29) is 5.54 Å². The molecule has 1 fully saturated rings. The summed E-state index contributed by atoms with van der Waals surface area (Å²) in [5.41, 5.74) is -0.0380. The maximum Gasteiger partial charge on any atom is 0.112 e. The Morgan fingerprint density at radius 3 is 3.18 bits per heavy atom. The zero-order valence-corrected chi connectivity index (χ0v) is 11.3. The van der Waals surface area contributed by atoms with Crippen LogP contribution in [0.4, 0.5) is 0 Å². The predicted octanol–water partition coefficient (Wildman–Crippen LogP) is 1.35. The molecular weight excluding hydrogens is 234 g/mol. The molecule has 1 aliphatic heterocycles. The molecule has 0 radical (unpaired) electrons. The maximum atomic E-state index is 5.44. The molecule has 1 atom stereocenters. The van der Waals surface area contributed by atoms with Gasteiger partial charge in [-0.3, -0.25) is 0 Å². The third-order valence-electron chi connectivity index (χ3n) is 3.03. The lowest BCUT2D eigenvalue weighted by molar-refractivity contribution is 0.0736. The molecule has 1 aromatic heterocycles. The number of nitrogens with zero attached hydrogens (tertiary/aromatic N) is 1. The molecule has 5 heteroatoms. The Bertz CT molecular complexity index is 321. The van der Waals surface area contributed by atoms with Crippen molar-refractivity contribution in [3.63, 3.8) is 0 Å². The van der Waals surface area contributed by atoms with Gasteiger partial charge in [0.1, 0.15) is 5.01 Å². The molecule has 1 aliphatic rings.